The Labute approximate surface area is 52.6 Å². The molecule has 0 aromatic carbocycles. The van der Waals surface area contributed by atoms with Crippen LogP contribution in [-0.2, 0) is 4.79 Å². The van der Waals surface area contributed by atoms with E-state index < -0.39 is 11.6 Å². The fourth-order valence-corrected chi connectivity index (χ4v) is 0.580. The third kappa shape index (κ3) is 0.872. The molecule has 1 aliphatic heterocycles. The Morgan fingerprint density at radius 3 is 2.22 bits per heavy atom. The van der Waals surface area contributed by atoms with Crippen molar-refractivity contribution in [2.75, 3.05) is 0 Å². The van der Waals surface area contributed by atoms with Crippen LogP contribution in [0.3, 0.4) is 0 Å². The van der Waals surface area contributed by atoms with E-state index in [4.69, 9.17) is 0 Å². The topological polar surface area (TPSA) is 58.2 Å². The zero-order valence-corrected chi connectivity index (χ0v) is 5.02. The standard InChI is InChI=1S/C5H7N2O2/c1-5(2)3(8)6-4(9)7-5/h1H2,2H3,(H2,6,7,8,9). The molecule has 0 aromatic rings. The minimum atomic E-state index is -0.975. The second kappa shape index (κ2) is 1.46. The molecule has 1 unspecified atom stereocenters. The van der Waals surface area contributed by atoms with Crippen molar-refractivity contribution in [2.45, 2.75) is 12.5 Å². The number of nitrogens with one attached hydrogen (secondary N) is 2. The number of carbonyl (C=O) groups excluding carboxylic acids is 2. The first-order valence-electron chi connectivity index (χ1n) is 2.51. The van der Waals surface area contributed by atoms with Crippen LogP contribution in [0.4, 0.5) is 4.79 Å². The molecule has 4 nitrogen and oxygen atoms in total. The third-order valence-electron chi connectivity index (χ3n) is 1.12. The average Bonchev–Trinajstić information content (AvgIpc) is 1.79. The molecule has 0 aromatic heterocycles. The molecule has 1 rings (SSSR count). The maximum atomic E-state index is 10.6. The van der Waals surface area contributed by atoms with Gasteiger partial charge in [-0.15, -0.1) is 0 Å². The van der Waals surface area contributed by atoms with E-state index in [0.717, 1.165) is 0 Å². The van der Waals surface area contributed by atoms with Gasteiger partial charge in [-0.2, -0.15) is 0 Å². The van der Waals surface area contributed by atoms with Crippen LogP contribution in [0.1, 0.15) is 6.92 Å². The molecule has 0 bridgehead atoms. The van der Waals surface area contributed by atoms with Crippen molar-refractivity contribution in [2.24, 2.45) is 0 Å². The summed E-state index contributed by atoms with van der Waals surface area (Å²) in [5, 5.41) is 4.39. The smallest absolute Gasteiger partial charge is 0.322 e. The van der Waals surface area contributed by atoms with Gasteiger partial charge in [-0.25, -0.2) is 4.79 Å². The summed E-state index contributed by atoms with van der Waals surface area (Å²) in [5.74, 6) is -0.382. The van der Waals surface area contributed by atoms with Gasteiger partial charge in [-0.1, -0.05) is 0 Å². The lowest BCUT2D eigenvalue weighted by Crippen LogP contribution is -2.40. The number of imide groups is 1. The van der Waals surface area contributed by atoms with Crippen LogP contribution in [0.15, 0.2) is 0 Å². The Morgan fingerprint density at radius 2 is 2.11 bits per heavy atom. The predicted octanol–water partition coefficient (Wildman–Crippen LogP) is -0.581. The summed E-state index contributed by atoms with van der Waals surface area (Å²) in [6, 6.07) is -0.475. The Morgan fingerprint density at radius 1 is 1.56 bits per heavy atom. The van der Waals surface area contributed by atoms with E-state index in [2.05, 4.69) is 17.6 Å². The van der Waals surface area contributed by atoms with Crippen LogP contribution in [0.25, 0.3) is 0 Å². The van der Waals surface area contributed by atoms with Crippen molar-refractivity contribution in [3.05, 3.63) is 6.92 Å². The van der Waals surface area contributed by atoms with E-state index >= 15 is 0 Å². The minimum absolute atomic E-state index is 0.382. The number of rotatable bonds is 0. The predicted molar refractivity (Wildman–Crippen MR) is 30.4 cm³/mol. The molecule has 1 saturated heterocycles. The van der Waals surface area contributed by atoms with Crippen molar-refractivity contribution in [1.29, 1.82) is 0 Å². The van der Waals surface area contributed by atoms with E-state index in [-0.39, 0.29) is 5.91 Å². The summed E-state index contributed by atoms with van der Waals surface area (Å²) in [5.41, 5.74) is -0.975. The SMILES string of the molecule is [CH2]C1(C)NC(=O)NC1=O. The lowest BCUT2D eigenvalue weighted by Gasteiger charge is -2.10. The zero-order chi connectivity index (χ0) is 7.07. The Balaban J connectivity index is 2.81. The summed E-state index contributed by atoms with van der Waals surface area (Å²) in [7, 11) is 0. The maximum Gasteiger partial charge on any atom is 0.322 e. The summed E-state index contributed by atoms with van der Waals surface area (Å²) in [6.07, 6.45) is 0. The van der Waals surface area contributed by atoms with E-state index in [1.54, 1.807) is 0 Å². The largest absolute Gasteiger partial charge is 0.324 e. The summed E-state index contributed by atoms with van der Waals surface area (Å²) < 4.78 is 0. The molecule has 0 aliphatic carbocycles. The van der Waals surface area contributed by atoms with Crippen LogP contribution in [0.5, 0.6) is 0 Å². The van der Waals surface area contributed by atoms with Crippen molar-refractivity contribution in [1.82, 2.24) is 10.6 Å². The molecule has 1 fully saturated rings. The van der Waals surface area contributed by atoms with E-state index in [1.165, 1.54) is 6.92 Å². The van der Waals surface area contributed by atoms with Gasteiger partial charge in [0.15, 0.2) is 0 Å². The van der Waals surface area contributed by atoms with Crippen molar-refractivity contribution >= 4 is 11.9 Å². The summed E-state index contributed by atoms with van der Waals surface area (Å²) >= 11 is 0. The van der Waals surface area contributed by atoms with Gasteiger partial charge in [0.2, 0.25) is 0 Å². The van der Waals surface area contributed by atoms with E-state index in [9.17, 15) is 9.59 Å². The lowest BCUT2D eigenvalue weighted by molar-refractivity contribution is -0.122. The number of amides is 3. The molecular weight excluding hydrogens is 120 g/mol. The van der Waals surface area contributed by atoms with Crippen LogP contribution < -0.4 is 10.6 Å². The van der Waals surface area contributed by atoms with Gasteiger partial charge in [-0.3, -0.25) is 10.1 Å². The normalized spacial score (nSPS) is 23.3. The fraction of sp³-hybridized carbons (Fsp3) is 0.400. The zero-order valence-electron chi connectivity index (χ0n) is 5.02. The molecule has 2 N–H and O–H groups in total. The molecular formula is C5H7N2O2. The van der Waals surface area contributed by atoms with Crippen molar-refractivity contribution in [3.8, 4) is 0 Å². The Bertz CT molecular complexity index is 174. The number of urea groups is 1. The molecule has 9 heavy (non-hydrogen) atoms. The van der Waals surface area contributed by atoms with Crippen molar-refractivity contribution < 1.29 is 9.59 Å². The van der Waals surface area contributed by atoms with Crippen LogP contribution in [0.2, 0.25) is 0 Å². The maximum absolute atomic E-state index is 10.6. The Kier molecular flexibility index (Phi) is 0.986. The van der Waals surface area contributed by atoms with Crippen LogP contribution in [0, 0.1) is 6.92 Å². The van der Waals surface area contributed by atoms with Gasteiger partial charge in [0.25, 0.3) is 5.91 Å². The lowest BCUT2D eigenvalue weighted by atomic mass is 10.1. The minimum Gasteiger partial charge on any atom is -0.324 e. The molecule has 0 saturated carbocycles. The second-order valence-corrected chi connectivity index (χ2v) is 2.24. The first kappa shape index (κ1) is 6.07. The van der Waals surface area contributed by atoms with Crippen LogP contribution >= 0.6 is 0 Å². The fourth-order valence-electron chi connectivity index (χ4n) is 0.580. The average molecular weight is 127 g/mol. The first-order chi connectivity index (χ1) is 4.02. The van der Waals surface area contributed by atoms with Crippen LogP contribution in [-0.4, -0.2) is 17.5 Å². The highest BCUT2D eigenvalue weighted by Crippen LogP contribution is 2.05. The molecule has 49 valence electrons. The number of hydrogen-bond acceptors (Lipinski definition) is 2. The second-order valence-electron chi connectivity index (χ2n) is 2.24. The van der Waals surface area contributed by atoms with Gasteiger partial charge in [-0.05, 0) is 13.8 Å². The first-order valence-corrected chi connectivity index (χ1v) is 2.51. The highest BCUT2D eigenvalue weighted by atomic mass is 16.2. The molecule has 1 aliphatic rings. The van der Waals surface area contributed by atoms with Gasteiger partial charge in [0.05, 0.1) is 0 Å². The van der Waals surface area contributed by atoms with Gasteiger partial charge in [0.1, 0.15) is 5.54 Å². The monoisotopic (exact) mass is 127 g/mol. The third-order valence-corrected chi connectivity index (χ3v) is 1.12. The number of hydrogen-bond donors (Lipinski definition) is 2. The van der Waals surface area contributed by atoms with Gasteiger partial charge >= 0.3 is 6.03 Å². The molecule has 0 spiro atoms. The van der Waals surface area contributed by atoms with Gasteiger partial charge < -0.3 is 5.32 Å². The summed E-state index contributed by atoms with van der Waals surface area (Å²) in [6.45, 7) is 4.99. The Hall–Kier alpha value is -1.06. The number of carbonyl (C=O) groups is 2. The molecule has 3 amide bonds. The van der Waals surface area contributed by atoms with E-state index in [1.807, 2.05) is 0 Å². The summed E-state index contributed by atoms with van der Waals surface area (Å²) in [4.78, 5) is 21.0. The molecule has 1 heterocycles. The van der Waals surface area contributed by atoms with Crippen molar-refractivity contribution in [3.63, 3.8) is 0 Å². The highest BCUT2D eigenvalue weighted by molar-refractivity contribution is 6.07. The quantitative estimate of drug-likeness (QED) is 0.428. The molecule has 4 heteroatoms. The van der Waals surface area contributed by atoms with E-state index in [0.29, 0.717) is 0 Å². The van der Waals surface area contributed by atoms with Gasteiger partial charge in [0, 0.05) is 0 Å². The highest BCUT2D eigenvalue weighted by Gasteiger charge is 2.36. The molecule has 1 radical (unpaired) electrons. The molecule has 1 atom stereocenters.